The SMILES string of the molecule is Cc1csc(N(C(=O)C=Cc2cnccn2)c2ccccc2)n1. The number of hydrogen-bond donors (Lipinski definition) is 0. The van der Waals surface area contributed by atoms with Crippen molar-refractivity contribution in [3.8, 4) is 0 Å². The van der Waals surface area contributed by atoms with Crippen LogP contribution in [0.2, 0.25) is 0 Å². The number of hydrogen-bond acceptors (Lipinski definition) is 5. The lowest BCUT2D eigenvalue weighted by Gasteiger charge is -2.18. The van der Waals surface area contributed by atoms with E-state index in [1.54, 1.807) is 29.6 Å². The molecule has 6 heteroatoms. The molecule has 0 fully saturated rings. The minimum Gasteiger partial charge on any atom is -0.269 e. The molecule has 0 N–H and O–H groups in total. The number of amides is 1. The van der Waals surface area contributed by atoms with Crippen LogP contribution in [-0.4, -0.2) is 20.9 Å². The van der Waals surface area contributed by atoms with Gasteiger partial charge in [-0.15, -0.1) is 11.3 Å². The molecule has 2 heterocycles. The highest BCUT2D eigenvalue weighted by molar-refractivity contribution is 7.14. The first-order chi connectivity index (χ1) is 11.2. The maximum Gasteiger partial charge on any atom is 0.257 e. The van der Waals surface area contributed by atoms with E-state index in [-0.39, 0.29) is 5.91 Å². The molecule has 5 nitrogen and oxygen atoms in total. The smallest absolute Gasteiger partial charge is 0.257 e. The number of carbonyl (C=O) groups is 1. The van der Waals surface area contributed by atoms with Gasteiger partial charge in [-0.1, -0.05) is 18.2 Å². The zero-order valence-corrected chi connectivity index (χ0v) is 13.3. The van der Waals surface area contributed by atoms with Crippen LogP contribution in [0.3, 0.4) is 0 Å². The van der Waals surface area contributed by atoms with Crippen molar-refractivity contribution in [2.75, 3.05) is 4.90 Å². The number of thiazole rings is 1. The Balaban J connectivity index is 1.92. The molecule has 0 atom stereocenters. The van der Waals surface area contributed by atoms with Crippen molar-refractivity contribution < 1.29 is 4.79 Å². The third-order valence-corrected chi connectivity index (χ3v) is 3.96. The van der Waals surface area contributed by atoms with E-state index in [2.05, 4.69) is 15.0 Å². The van der Waals surface area contributed by atoms with Gasteiger partial charge in [-0.3, -0.25) is 19.7 Å². The average Bonchev–Trinajstić information content (AvgIpc) is 3.01. The maximum atomic E-state index is 12.7. The number of carbonyl (C=O) groups excluding carboxylic acids is 1. The molecule has 2 aromatic heterocycles. The largest absolute Gasteiger partial charge is 0.269 e. The van der Waals surface area contributed by atoms with E-state index in [9.17, 15) is 4.79 Å². The van der Waals surface area contributed by atoms with Gasteiger partial charge in [0, 0.05) is 23.8 Å². The minimum atomic E-state index is -0.184. The fraction of sp³-hybridized carbons (Fsp3) is 0.0588. The topological polar surface area (TPSA) is 59.0 Å². The van der Waals surface area contributed by atoms with E-state index in [0.29, 0.717) is 10.8 Å². The monoisotopic (exact) mass is 322 g/mol. The summed E-state index contributed by atoms with van der Waals surface area (Å²) in [6, 6.07) is 9.45. The molecule has 114 valence electrons. The fourth-order valence-electron chi connectivity index (χ4n) is 1.98. The Morgan fingerprint density at radius 3 is 2.70 bits per heavy atom. The quantitative estimate of drug-likeness (QED) is 0.688. The predicted molar refractivity (Wildman–Crippen MR) is 91.5 cm³/mol. The molecule has 0 saturated heterocycles. The van der Waals surface area contributed by atoms with Gasteiger partial charge >= 0.3 is 0 Å². The molecule has 0 saturated carbocycles. The zero-order valence-electron chi connectivity index (χ0n) is 12.5. The lowest BCUT2D eigenvalue weighted by atomic mass is 10.3. The molecule has 0 radical (unpaired) electrons. The molecule has 0 unspecified atom stereocenters. The first-order valence-electron chi connectivity index (χ1n) is 6.99. The Kier molecular flexibility index (Phi) is 4.54. The van der Waals surface area contributed by atoms with Crippen LogP contribution in [0.4, 0.5) is 10.8 Å². The van der Waals surface area contributed by atoms with Crippen LogP contribution in [0.5, 0.6) is 0 Å². The predicted octanol–water partition coefficient (Wildman–Crippen LogP) is 3.62. The number of aryl methyl sites for hydroxylation is 1. The highest BCUT2D eigenvalue weighted by Crippen LogP contribution is 2.28. The molecular weight excluding hydrogens is 308 g/mol. The molecule has 3 aromatic rings. The molecule has 0 aliphatic carbocycles. The van der Waals surface area contributed by atoms with E-state index in [1.807, 2.05) is 42.6 Å². The molecule has 1 aromatic carbocycles. The second kappa shape index (κ2) is 6.93. The minimum absolute atomic E-state index is 0.184. The third-order valence-electron chi connectivity index (χ3n) is 3.01. The second-order valence-electron chi connectivity index (χ2n) is 4.74. The van der Waals surface area contributed by atoms with Crippen LogP contribution in [0, 0.1) is 6.92 Å². The van der Waals surface area contributed by atoms with Crippen LogP contribution in [0.25, 0.3) is 6.08 Å². The number of benzene rings is 1. The maximum absolute atomic E-state index is 12.7. The van der Waals surface area contributed by atoms with Crippen LogP contribution in [0.1, 0.15) is 11.4 Å². The van der Waals surface area contributed by atoms with Gasteiger partial charge in [0.1, 0.15) is 0 Å². The van der Waals surface area contributed by atoms with Gasteiger partial charge in [-0.05, 0) is 25.1 Å². The third kappa shape index (κ3) is 3.67. The van der Waals surface area contributed by atoms with Crippen molar-refractivity contribution in [1.82, 2.24) is 15.0 Å². The van der Waals surface area contributed by atoms with Gasteiger partial charge in [-0.25, -0.2) is 4.98 Å². The zero-order chi connectivity index (χ0) is 16.1. The molecule has 0 bridgehead atoms. The molecule has 0 aliphatic heterocycles. The van der Waals surface area contributed by atoms with Crippen molar-refractivity contribution in [2.24, 2.45) is 0 Å². The van der Waals surface area contributed by atoms with Crippen molar-refractivity contribution in [2.45, 2.75) is 6.92 Å². The lowest BCUT2D eigenvalue weighted by Crippen LogP contribution is -2.23. The van der Waals surface area contributed by atoms with Crippen LogP contribution in [-0.2, 0) is 4.79 Å². The molecule has 0 aliphatic rings. The molecule has 23 heavy (non-hydrogen) atoms. The van der Waals surface area contributed by atoms with Crippen molar-refractivity contribution in [3.05, 3.63) is 71.8 Å². The number of para-hydroxylation sites is 1. The van der Waals surface area contributed by atoms with E-state index < -0.39 is 0 Å². The van der Waals surface area contributed by atoms with Crippen LogP contribution < -0.4 is 4.90 Å². The lowest BCUT2D eigenvalue weighted by molar-refractivity contribution is -0.113. The van der Waals surface area contributed by atoms with Crippen molar-refractivity contribution in [3.63, 3.8) is 0 Å². The molecule has 1 amide bonds. The number of nitrogens with zero attached hydrogens (tertiary/aromatic N) is 4. The summed E-state index contributed by atoms with van der Waals surface area (Å²) in [5.41, 5.74) is 2.29. The Hall–Kier alpha value is -2.86. The Morgan fingerprint density at radius 1 is 1.22 bits per heavy atom. The summed E-state index contributed by atoms with van der Waals surface area (Å²) >= 11 is 1.43. The molecular formula is C17H14N4OS. The Morgan fingerprint density at radius 2 is 2.04 bits per heavy atom. The number of rotatable bonds is 4. The second-order valence-corrected chi connectivity index (χ2v) is 5.58. The highest BCUT2D eigenvalue weighted by atomic mass is 32.1. The summed E-state index contributed by atoms with van der Waals surface area (Å²) in [7, 11) is 0. The van der Waals surface area contributed by atoms with Gasteiger partial charge < -0.3 is 0 Å². The summed E-state index contributed by atoms with van der Waals surface area (Å²) in [6.07, 6.45) is 7.90. The Labute approximate surface area is 138 Å². The summed E-state index contributed by atoms with van der Waals surface area (Å²) in [5, 5.41) is 2.56. The van der Waals surface area contributed by atoms with Gasteiger partial charge in [0.25, 0.3) is 5.91 Å². The van der Waals surface area contributed by atoms with Crippen LogP contribution >= 0.6 is 11.3 Å². The first kappa shape index (κ1) is 15.1. The van der Waals surface area contributed by atoms with E-state index >= 15 is 0 Å². The summed E-state index contributed by atoms with van der Waals surface area (Å²) in [4.78, 5) is 26.8. The Bertz CT molecular complexity index is 815. The van der Waals surface area contributed by atoms with Crippen molar-refractivity contribution in [1.29, 1.82) is 0 Å². The number of anilines is 2. The summed E-state index contributed by atoms with van der Waals surface area (Å²) in [6.45, 7) is 1.91. The van der Waals surface area contributed by atoms with Gasteiger partial charge in [0.15, 0.2) is 5.13 Å². The standard InChI is InChI=1S/C17H14N4OS/c1-13-12-23-17(20-13)21(15-5-3-2-4-6-15)16(22)8-7-14-11-18-9-10-19-14/h2-12H,1H3. The highest BCUT2D eigenvalue weighted by Gasteiger charge is 2.18. The van der Waals surface area contributed by atoms with Gasteiger partial charge in [0.2, 0.25) is 0 Å². The molecule has 3 rings (SSSR count). The fourth-order valence-corrected chi connectivity index (χ4v) is 2.81. The summed E-state index contributed by atoms with van der Waals surface area (Å²) in [5.74, 6) is -0.184. The number of aromatic nitrogens is 3. The van der Waals surface area contributed by atoms with E-state index in [1.165, 1.54) is 17.4 Å². The normalized spacial score (nSPS) is 10.8. The first-order valence-corrected chi connectivity index (χ1v) is 7.87. The average molecular weight is 322 g/mol. The van der Waals surface area contributed by atoms with Crippen molar-refractivity contribution >= 4 is 34.1 Å². The van der Waals surface area contributed by atoms with E-state index in [0.717, 1.165) is 11.4 Å². The van der Waals surface area contributed by atoms with E-state index in [4.69, 9.17) is 0 Å². The van der Waals surface area contributed by atoms with Gasteiger partial charge in [0.05, 0.1) is 23.3 Å². The van der Waals surface area contributed by atoms with Gasteiger partial charge in [-0.2, -0.15) is 0 Å². The molecule has 0 spiro atoms. The van der Waals surface area contributed by atoms with Crippen LogP contribution in [0.15, 0.2) is 60.4 Å². The summed E-state index contributed by atoms with van der Waals surface area (Å²) < 4.78 is 0.